The van der Waals surface area contributed by atoms with Crippen LogP contribution in [0.4, 0.5) is 0 Å². The van der Waals surface area contributed by atoms with Crippen LogP contribution in [-0.2, 0) is 17.6 Å². The SMILES string of the molecule is CC(O)C1CCCN(C(=O)C2CCc3cn[nH]c3C2)C1. The fourth-order valence-corrected chi connectivity index (χ4v) is 3.48. The molecule has 1 saturated heterocycles. The number of carbonyl (C=O) groups excluding carboxylic acids is 1. The van der Waals surface area contributed by atoms with Gasteiger partial charge in [0.15, 0.2) is 0 Å². The minimum absolute atomic E-state index is 0.0794. The number of piperidine rings is 1. The fraction of sp³-hybridized carbons (Fsp3) is 0.733. The molecule has 110 valence electrons. The zero-order chi connectivity index (χ0) is 14.1. The Morgan fingerprint density at radius 2 is 2.40 bits per heavy atom. The van der Waals surface area contributed by atoms with Gasteiger partial charge >= 0.3 is 0 Å². The van der Waals surface area contributed by atoms with Crippen LogP contribution in [0.15, 0.2) is 6.20 Å². The van der Waals surface area contributed by atoms with E-state index in [0.29, 0.717) is 6.54 Å². The van der Waals surface area contributed by atoms with Crippen LogP contribution < -0.4 is 0 Å². The average Bonchev–Trinajstić information content (AvgIpc) is 2.94. The predicted molar refractivity (Wildman–Crippen MR) is 75.1 cm³/mol. The molecule has 1 aromatic heterocycles. The van der Waals surface area contributed by atoms with Crippen molar-refractivity contribution in [1.29, 1.82) is 0 Å². The van der Waals surface area contributed by atoms with Crippen LogP contribution in [0.1, 0.15) is 37.4 Å². The van der Waals surface area contributed by atoms with Crippen molar-refractivity contribution in [1.82, 2.24) is 15.1 Å². The van der Waals surface area contributed by atoms with Gasteiger partial charge in [-0.15, -0.1) is 0 Å². The van der Waals surface area contributed by atoms with Gasteiger partial charge in [0, 0.05) is 37.0 Å². The molecule has 0 radical (unpaired) electrons. The average molecular weight is 277 g/mol. The molecule has 2 N–H and O–H groups in total. The molecule has 0 spiro atoms. The normalized spacial score (nSPS) is 28.0. The second-order valence-corrected chi connectivity index (χ2v) is 6.24. The highest BCUT2D eigenvalue weighted by Crippen LogP contribution is 2.27. The number of likely N-dealkylation sites (tertiary alicyclic amines) is 1. The van der Waals surface area contributed by atoms with Crippen LogP contribution >= 0.6 is 0 Å². The summed E-state index contributed by atoms with van der Waals surface area (Å²) in [5.74, 6) is 0.574. The molecule has 1 amide bonds. The third-order valence-electron chi connectivity index (χ3n) is 4.82. The van der Waals surface area contributed by atoms with Crippen molar-refractivity contribution in [2.24, 2.45) is 11.8 Å². The summed E-state index contributed by atoms with van der Waals surface area (Å²) < 4.78 is 0. The number of aryl methyl sites for hydroxylation is 1. The molecule has 0 bridgehead atoms. The molecule has 5 nitrogen and oxygen atoms in total. The van der Waals surface area contributed by atoms with Crippen molar-refractivity contribution >= 4 is 5.91 Å². The topological polar surface area (TPSA) is 69.2 Å². The molecule has 20 heavy (non-hydrogen) atoms. The zero-order valence-corrected chi connectivity index (χ0v) is 12.0. The predicted octanol–water partition coefficient (Wildman–Crippen LogP) is 1.13. The summed E-state index contributed by atoms with van der Waals surface area (Å²) in [6.07, 6.45) is 6.22. The number of aromatic amines is 1. The van der Waals surface area contributed by atoms with Gasteiger partial charge in [0.05, 0.1) is 12.3 Å². The minimum atomic E-state index is -0.323. The Bertz CT molecular complexity index is 483. The maximum absolute atomic E-state index is 12.7. The van der Waals surface area contributed by atoms with E-state index >= 15 is 0 Å². The van der Waals surface area contributed by atoms with Gasteiger partial charge in [-0.05, 0) is 38.2 Å². The summed E-state index contributed by atoms with van der Waals surface area (Å²) in [6, 6.07) is 0. The first-order valence-electron chi connectivity index (χ1n) is 7.63. The molecule has 1 aromatic rings. The zero-order valence-electron chi connectivity index (χ0n) is 12.0. The number of fused-ring (bicyclic) bond motifs is 1. The summed E-state index contributed by atoms with van der Waals surface area (Å²) in [6.45, 7) is 3.38. The van der Waals surface area contributed by atoms with Crippen molar-refractivity contribution in [2.75, 3.05) is 13.1 Å². The number of carbonyl (C=O) groups is 1. The number of H-pyrrole nitrogens is 1. The number of nitrogens with zero attached hydrogens (tertiary/aromatic N) is 2. The monoisotopic (exact) mass is 277 g/mol. The van der Waals surface area contributed by atoms with Gasteiger partial charge in [0.1, 0.15) is 0 Å². The lowest BCUT2D eigenvalue weighted by atomic mass is 9.86. The molecule has 1 fully saturated rings. The number of rotatable bonds is 2. The number of aliphatic hydroxyl groups is 1. The molecule has 0 saturated carbocycles. The molecule has 3 unspecified atom stereocenters. The lowest BCUT2D eigenvalue weighted by molar-refractivity contribution is -0.138. The highest BCUT2D eigenvalue weighted by Gasteiger charge is 2.32. The first-order valence-corrected chi connectivity index (χ1v) is 7.63. The quantitative estimate of drug-likeness (QED) is 0.851. The first-order chi connectivity index (χ1) is 9.65. The Kier molecular flexibility index (Phi) is 3.78. The van der Waals surface area contributed by atoms with Crippen molar-refractivity contribution in [2.45, 2.75) is 45.1 Å². The van der Waals surface area contributed by atoms with E-state index in [1.165, 1.54) is 5.56 Å². The van der Waals surface area contributed by atoms with Crippen LogP contribution in [0.3, 0.4) is 0 Å². The number of amides is 1. The van der Waals surface area contributed by atoms with Crippen LogP contribution in [0.25, 0.3) is 0 Å². The Balaban J connectivity index is 1.64. The number of nitrogens with one attached hydrogen (secondary N) is 1. The Labute approximate surface area is 119 Å². The lowest BCUT2D eigenvalue weighted by Gasteiger charge is -2.36. The largest absolute Gasteiger partial charge is 0.393 e. The lowest BCUT2D eigenvalue weighted by Crippen LogP contribution is -2.46. The van der Waals surface area contributed by atoms with E-state index in [1.807, 2.05) is 18.0 Å². The standard InChI is InChI=1S/C15H23N3O2/c1-10(19)13-3-2-6-18(9-13)15(20)11-4-5-12-8-16-17-14(12)7-11/h8,10-11,13,19H,2-7,9H2,1H3,(H,16,17). The molecule has 5 heteroatoms. The van der Waals surface area contributed by atoms with E-state index in [1.54, 1.807) is 0 Å². The van der Waals surface area contributed by atoms with Gasteiger partial charge < -0.3 is 10.0 Å². The maximum Gasteiger partial charge on any atom is 0.226 e. The number of hydrogen-bond acceptors (Lipinski definition) is 3. The molecular weight excluding hydrogens is 254 g/mol. The van der Waals surface area contributed by atoms with Gasteiger partial charge in [-0.1, -0.05) is 0 Å². The van der Waals surface area contributed by atoms with E-state index in [0.717, 1.165) is 44.3 Å². The third kappa shape index (κ3) is 2.59. The molecular formula is C15H23N3O2. The summed E-state index contributed by atoms with van der Waals surface area (Å²) >= 11 is 0. The second-order valence-electron chi connectivity index (χ2n) is 6.24. The molecule has 0 aromatic carbocycles. The fourth-order valence-electron chi connectivity index (χ4n) is 3.48. The van der Waals surface area contributed by atoms with E-state index in [-0.39, 0.29) is 23.8 Å². The van der Waals surface area contributed by atoms with Gasteiger partial charge in [0.2, 0.25) is 5.91 Å². The van der Waals surface area contributed by atoms with Crippen LogP contribution in [-0.4, -0.2) is 45.3 Å². The van der Waals surface area contributed by atoms with Gasteiger partial charge in [-0.3, -0.25) is 9.89 Å². The Hall–Kier alpha value is -1.36. The molecule has 3 atom stereocenters. The minimum Gasteiger partial charge on any atom is -0.393 e. The second kappa shape index (κ2) is 5.56. The van der Waals surface area contributed by atoms with Crippen molar-refractivity contribution < 1.29 is 9.90 Å². The maximum atomic E-state index is 12.7. The van der Waals surface area contributed by atoms with Crippen LogP contribution in [0.2, 0.25) is 0 Å². The Morgan fingerprint density at radius 3 is 3.20 bits per heavy atom. The smallest absolute Gasteiger partial charge is 0.226 e. The summed E-state index contributed by atoms with van der Waals surface area (Å²) in [4.78, 5) is 14.6. The van der Waals surface area contributed by atoms with Crippen LogP contribution in [0.5, 0.6) is 0 Å². The van der Waals surface area contributed by atoms with E-state index in [2.05, 4.69) is 10.2 Å². The molecule has 2 heterocycles. The molecule has 1 aliphatic carbocycles. The molecule has 3 rings (SSSR count). The number of hydrogen-bond donors (Lipinski definition) is 2. The van der Waals surface area contributed by atoms with Gasteiger partial charge in [-0.25, -0.2) is 0 Å². The first kappa shape index (κ1) is 13.6. The van der Waals surface area contributed by atoms with E-state index in [9.17, 15) is 9.90 Å². The molecule has 2 aliphatic rings. The summed E-state index contributed by atoms with van der Waals surface area (Å²) in [7, 11) is 0. The summed E-state index contributed by atoms with van der Waals surface area (Å²) in [5, 5.41) is 16.8. The van der Waals surface area contributed by atoms with Crippen molar-refractivity contribution in [3.63, 3.8) is 0 Å². The highest BCUT2D eigenvalue weighted by atomic mass is 16.3. The van der Waals surface area contributed by atoms with Crippen molar-refractivity contribution in [3.8, 4) is 0 Å². The Morgan fingerprint density at radius 1 is 1.55 bits per heavy atom. The number of aromatic nitrogens is 2. The highest BCUT2D eigenvalue weighted by molar-refractivity contribution is 5.79. The van der Waals surface area contributed by atoms with E-state index in [4.69, 9.17) is 0 Å². The van der Waals surface area contributed by atoms with Crippen molar-refractivity contribution in [3.05, 3.63) is 17.5 Å². The van der Waals surface area contributed by atoms with Crippen LogP contribution in [0, 0.1) is 11.8 Å². The summed E-state index contributed by atoms with van der Waals surface area (Å²) in [5.41, 5.74) is 2.38. The van der Waals surface area contributed by atoms with Gasteiger partial charge in [0.25, 0.3) is 0 Å². The van der Waals surface area contributed by atoms with E-state index < -0.39 is 0 Å². The number of aliphatic hydroxyl groups excluding tert-OH is 1. The van der Waals surface area contributed by atoms with Gasteiger partial charge in [-0.2, -0.15) is 5.10 Å². The molecule has 1 aliphatic heterocycles. The third-order valence-corrected chi connectivity index (χ3v) is 4.82.